The summed E-state index contributed by atoms with van der Waals surface area (Å²) in [6.45, 7) is 1.73. The number of methoxy groups -OCH3 is 3. The van der Waals surface area contributed by atoms with Crippen molar-refractivity contribution in [3.63, 3.8) is 0 Å². The smallest absolute Gasteiger partial charge is 0.247 e. The monoisotopic (exact) mass is 407 g/mol. The number of carbonyl (C=O) groups excluding carboxylic acids is 2. The van der Waals surface area contributed by atoms with Gasteiger partial charge in [-0.2, -0.15) is 5.10 Å². The van der Waals surface area contributed by atoms with Crippen LogP contribution < -0.4 is 25.0 Å². The molecule has 10 nitrogen and oxygen atoms in total. The topological polar surface area (TPSA) is 124 Å². The summed E-state index contributed by atoms with van der Waals surface area (Å²) in [5, 5.41) is 15.0. The van der Waals surface area contributed by atoms with Crippen molar-refractivity contribution in [3.8, 4) is 17.2 Å². The van der Waals surface area contributed by atoms with E-state index in [1.54, 1.807) is 19.1 Å². The van der Waals surface area contributed by atoms with E-state index in [-0.39, 0.29) is 18.2 Å². The van der Waals surface area contributed by atoms with Crippen LogP contribution in [0.1, 0.15) is 23.9 Å². The van der Waals surface area contributed by atoms with Crippen LogP contribution in [0.15, 0.2) is 17.2 Å². The van der Waals surface area contributed by atoms with E-state index in [4.69, 9.17) is 14.2 Å². The van der Waals surface area contributed by atoms with Crippen LogP contribution in [-0.2, 0) is 16.0 Å². The SMILES string of the molecule is CCC(=O)Nc1nnc(CC(=O)N/N=C\c2cc(OC)c(OC)c(OC)c2)s1. The van der Waals surface area contributed by atoms with E-state index in [2.05, 4.69) is 26.0 Å². The molecule has 28 heavy (non-hydrogen) atoms. The summed E-state index contributed by atoms with van der Waals surface area (Å²) in [7, 11) is 4.54. The number of benzene rings is 1. The van der Waals surface area contributed by atoms with Crippen molar-refractivity contribution in [1.29, 1.82) is 0 Å². The zero-order chi connectivity index (χ0) is 20.5. The molecule has 11 heteroatoms. The minimum Gasteiger partial charge on any atom is -0.493 e. The molecule has 1 heterocycles. The van der Waals surface area contributed by atoms with Gasteiger partial charge >= 0.3 is 0 Å². The molecule has 0 saturated carbocycles. The molecule has 0 aliphatic rings. The third-order valence-electron chi connectivity index (χ3n) is 3.44. The number of anilines is 1. The number of ether oxygens (including phenoxy) is 3. The van der Waals surface area contributed by atoms with Crippen LogP contribution in [0.4, 0.5) is 5.13 Å². The Labute approximate surface area is 165 Å². The first-order valence-corrected chi connectivity index (χ1v) is 9.06. The normalized spacial score (nSPS) is 10.6. The fraction of sp³-hybridized carbons (Fsp3) is 0.353. The molecule has 0 aliphatic heterocycles. The van der Waals surface area contributed by atoms with Gasteiger partial charge in [0.2, 0.25) is 22.7 Å². The van der Waals surface area contributed by atoms with Gasteiger partial charge in [0.1, 0.15) is 5.01 Å². The number of carbonyl (C=O) groups is 2. The summed E-state index contributed by atoms with van der Waals surface area (Å²) in [4.78, 5) is 23.3. The Morgan fingerprint density at radius 2 is 1.79 bits per heavy atom. The molecule has 1 aromatic carbocycles. The number of rotatable bonds is 9. The average molecular weight is 407 g/mol. The molecule has 1 aromatic heterocycles. The Morgan fingerprint density at radius 3 is 2.36 bits per heavy atom. The van der Waals surface area contributed by atoms with Gasteiger partial charge in [-0.3, -0.25) is 9.59 Å². The Bertz CT molecular complexity index is 842. The van der Waals surface area contributed by atoms with E-state index in [1.807, 2.05) is 0 Å². The Balaban J connectivity index is 1.97. The molecule has 2 amide bonds. The highest BCUT2D eigenvalue weighted by molar-refractivity contribution is 7.15. The maximum Gasteiger partial charge on any atom is 0.247 e. The third kappa shape index (κ3) is 5.64. The van der Waals surface area contributed by atoms with Crippen LogP contribution in [0.5, 0.6) is 17.2 Å². The summed E-state index contributed by atoms with van der Waals surface area (Å²) >= 11 is 1.13. The Hall–Kier alpha value is -3.21. The molecule has 0 spiro atoms. The van der Waals surface area contributed by atoms with Crippen molar-refractivity contribution in [2.75, 3.05) is 26.6 Å². The van der Waals surface area contributed by atoms with Crippen LogP contribution in [0.2, 0.25) is 0 Å². The van der Waals surface area contributed by atoms with E-state index in [9.17, 15) is 9.59 Å². The fourth-order valence-electron chi connectivity index (χ4n) is 2.11. The molecule has 0 unspecified atom stereocenters. The van der Waals surface area contributed by atoms with Gasteiger partial charge in [-0.05, 0) is 12.1 Å². The van der Waals surface area contributed by atoms with Crippen molar-refractivity contribution in [1.82, 2.24) is 15.6 Å². The Kier molecular flexibility index (Phi) is 7.69. The van der Waals surface area contributed by atoms with Gasteiger partial charge in [-0.25, -0.2) is 5.43 Å². The van der Waals surface area contributed by atoms with E-state index in [0.29, 0.717) is 39.4 Å². The second-order valence-corrected chi connectivity index (χ2v) is 6.39. The maximum absolute atomic E-state index is 12.0. The molecule has 0 radical (unpaired) electrons. The van der Waals surface area contributed by atoms with E-state index < -0.39 is 0 Å². The first kappa shape index (κ1) is 21.1. The largest absolute Gasteiger partial charge is 0.493 e. The molecule has 0 atom stereocenters. The Morgan fingerprint density at radius 1 is 1.11 bits per heavy atom. The predicted molar refractivity (Wildman–Crippen MR) is 104 cm³/mol. The highest BCUT2D eigenvalue weighted by Crippen LogP contribution is 2.37. The van der Waals surface area contributed by atoms with Crippen LogP contribution >= 0.6 is 11.3 Å². The molecule has 0 saturated heterocycles. The fourth-order valence-corrected chi connectivity index (χ4v) is 2.87. The standard InChI is InChI=1S/C17H21N5O5S/c1-5-13(23)19-17-22-21-15(28-17)8-14(24)20-18-9-10-6-11(25-2)16(27-4)12(7-10)26-3/h6-7,9H,5,8H2,1-4H3,(H,20,24)(H,19,22,23)/b18-9-. The number of hydrazone groups is 1. The summed E-state index contributed by atoms with van der Waals surface area (Å²) in [6, 6.07) is 3.40. The lowest BCUT2D eigenvalue weighted by molar-refractivity contribution is -0.120. The predicted octanol–water partition coefficient (Wildman–Crippen LogP) is 1.61. The molecule has 150 valence electrons. The minimum absolute atomic E-state index is 0.00768. The van der Waals surface area contributed by atoms with Crippen molar-refractivity contribution >= 4 is 34.5 Å². The van der Waals surface area contributed by atoms with Crippen LogP contribution in [0, 0.1) is 0 Å². The number of nitrogens with one attached hydrogen (secondary N) is 2. The molecular formula is C17H21N5O5S. The molecule has 0 fully saturated rings. The van der Waals surface area contributed by atoms with Gasteiger partial charge in [-0.15, -0.1) is 10.2 Å². The molecule has 0 aliphatic carbocycles. The van der Waals surface area contributed by atoms with Gasteiger partial charge in [0.15, 0.2) is 11.5 Å². The summed E-state index contributed by atoms with van der Waals surface area (Å²) < 4.78 is 15.8. The lowest BCUT2D eigenvalue weighted by Gasteiger charge is -2.12. The van der Waals surface area contributed by atoms with Crippen LogP contribution in [0.25, 0.3) is 0 Å². The first-order valence-electron chi connectivity index (χ1n) is 8.24. The van der Waals surface area contributed by atoms with Crippen molar-refractivity contribution < 1.29 is 23.8 Å². The number of amides is 2. The van der Waals surface area contributed by atoms with Crippen LogP contribution in [-0.4, -0.2) is 49.6 Å². The second kappa shape index (κ2) is 10.2. The van der Waals surface area contributed by atoms with Gasteiger partial charge in [0.25, 0.3) is 0 Å². The highest BCUT2D eigenvalue weighted by Gasteiger charge is 2.13. The van der Waals surface area contributed by atoms with E-state index in [0.717, 1.165) is 11.3 Å². The first-order chi connectivity index (χ1) is 13.5. The highest BCUT2D eigenvalue weighted by atomic mass is 32.1. The number of aromatic nitrogens is 2. The van der Waals surface area contributed by atoms with Crippen molar-refractivity contribution in [3.05, 3.63) is 22.7 Å². The quantitative estimate of drug-likeness (QED) is 0.478. The lowest BCUT2D eigenvalue weighted by atomic mass is 10.2. The van der Waals surface area contributed by atoms with Crippen LogP contribution in [0.3, 0.4) is 0 Å². The maximum atomic E-state index is 12.0. The molecular weight excluding hydrogens is 386 g/mol. The lowest BCUT2D eigenvalue weighted by Crippen LogP contribution is -2.19. The van der Waals surface area contributed by atoms with Gasteiger partial charge in [0.05, 0.1) is 34.0 Å². The summed E-state index contributed by atoms with van der Waals surface area (Å²) in [5.74, 6) is 0.888. The number of hydrogen-bond acceptors (Lipinski definition) is 9. The summed E-state index contributed by atoms with van der Waals surface area (Å²) in [5.41, 5.74) is 3.06. The van der Waals surface area contributed by atoms with Crippen molar-refractivity contribution in [2.45, 2.75) is 19.8 Å². The number of nitrogens with zero attached hydrogens (tertiary/aromatic N) is 3. The summed E-state index contributed by atoms with van der Waals surface area (Å²) in [6.07, 6.45) is 1.78. The van der Waals surface area contributed by atoms with Crippen molar-refractivity contribution in [2.24, 2.45) is 5.10 Å². The van der Waals surface area contributed by atoms with Gasteiger partial charge < -0.3 is 19.5 Å². The average Bonchev–Trinajstić information content (AvgIpc) is 3.13. The molecule has 0 bridgehead atoms. The third-order valence-corrected chi connectivity index (χ3v) is 4.27. The second-order valence-electron chi connectivity index (χ2n) is 5.33. The van der Waals surface area contributed by atoms with Gasteiger partial charge in [0, 0.05) is 12.0 Å². The zero-order valence-corrected chi connectivity index (χ0v) is 16.8. The van der Waals surface area contributed by atoms with Gasteiger partial charge in [-0.1, -0.05) is 18.3 Å². The molecule has 2 aromatic rings. The molecule has 2 rings (SSSR count). The van der Waals surface area contributed by atoms with E-state index in [1.165, 1.54) is 27.5 Å². The molecule has 2 N–H and O–H groups in total. The zero-order valence-electron chi connectivity index (χ0n) is 15.9. The van der Waals surface area contributed by atoms with E-state index >= 15 is 0 Å². The number of hydrogen-bond donors (Lipinski definition) is 2. The minimum atomic E-state index is -0.367.